The smallest absolute Gasteiger partial charge is 0.0569 e. The number of fused-ring (bicyclic) bond motifs is 3. The molecule has 1 aromatic carbocycles. The highest BCUT2D eigenvalue weighted by Gasteiger charge is 2.37. The summed E-state index contributed by atoms with van der Waals surface area (Å²) in [6.45, 7) is 0. The molecule has 0 saturated heterocycles. The van der Waals surface area contributed by atoms with Crippen LogP contribution < -0.4 is 5.32 Å². The van der Waals surface area contributed by atoms with Crippen LogP contribution >= 0.6 is 22.6 Å². The van der Waals surface area contributed by atoms with Crippen LogP contribution in [0.25, 0.3) is 0 Å². The van der Waals surface area contributed by atoms with E-state index in [2.05, 4.69) is 69.3 Å². The van der Waals surface area contributed by atoms with Gasteiger partial charge in [-0.05, 0) is 70.3 Å². The lowest BCUT2D eigenvalue weighted by molar-refractivity contribution is 0.425. The van der Waals surface area contributed by atoms with Crippen LogP contribution in [-0.2, 0) is 0 Å². The maximum atomic E-state index is 4.28. The minimum atomic E-state index is 0.358. The number of halogens is 1. The van der Waals surface area contributed by atoms with Gasteiger partial charge in [0.2, 0.25) is 0 Å². The Morgan fingerprint density at radius 2 is 2.20 bits per heavy atom. The highest BCUT2D eigenvalue weighted by Crippen LogP contribution is 2.49. The Balaban J connectivity index is 1.80. The van der Waals surface area contributed by atoms with Crippen molar-refractivity contribution in [2.45, 2.75) is 18.4 Å². The molecule has 3 heteroatoms. The largest absolute Gasteiger partial charge is 0.378 e. The fourth-order valence-corrected chi connectivity index (χ4v) is 3.97. The molecule has 20 heavy (non-hydrogen) atoms. The summed E-state index contributed by atoms with van der Waals surface area (Å²) in [5.74, 6) is 1.14. The first-order valence-corrected chi connectivity index (χ1v) is 8.03. The molecule has 0 bridgehead atoms. The fourth-order valence-electron chi connectivity index (χ4n) is 3.46. The van der Waals surface area contributed by atoms with E-state index in [0.717, 1.165) is 6.42 Å². The van der Waals surface area contributed by atoms with Gasteiger partial charge >= 0.3 is 0 Å². The summed E-state index contributed by atoms with van der Waals surface area (Å²) < 4.78 is 1.31. The summed E-state index contributed by atoms with van der Waals surface area (Å²) in [7, 11) is 0. The maximum Gasteiger partial charge on any atom is 0.0569 e. The molecule has 2 aromatic rings. The van der Waals surface area contributed by atoms with Gasteiger partial charge in [-0.1, -0.05) is 18.2 Å². The van der Waals surface area contributed by atoms with Gasteiger partial charge in [0.1, 0.15) is 0 Å². The van der Waals surface area contributed by atoms with Crippen molar-refractivity contribution >= 4 is 28.3 Å². The number of allylic oxidation sites excluding steroid dienone is 2. The van der Waals surface area contributed by atoms with E-state index in [0.29, 0.717) is 17.9 Å². The molecule has 100 valence electrons. The maximum absolute atomic E-state index is 4.28. The molecule has 0 radical (unpaired) electrons. The van der Waals surface area contributed by atoms with Gasteiger partial charge in [-0.15, -0.1) is 0 Å². The molecule has 1 aliphatic heterocycles. The zero-order chi connectivity index (χ0) is 13.5. The van der Waals surface area contributed by atoms with Crippen LogP contribution in [0, 0.1) is 9.49 Å². The van der Waals surface area contributed by atoms with Crippen LogP contribution in [0.2, 0.25) is 0 Å². The summed E-state index contributed by atoms with van der Waals surface area (Å²) in [6, 6.07) is 11.3. The van der Waals surface area contributed by atoms with E-state index in [9.17, 15) is 0 Å². The molecule has 1 aliphatic carbocycles. The monoisotopic (exact) mass is 374 g/mol. The lowest BCUT2D eigenvalue weighted by Crippen LogP contribution is -2.29. The van der Waals surface area contributed by atoms with Crippen molar-refractivity contribution in [2.24, 2.45) is 5.92 Å². The highest BCUT2D eigenvalue weighted by atomic mass is 127. The number of nitrogens with zero attached hydrogens (tertiary/aromatic N) is 1. The molecule has 1 aromatic heterocycles. The Morgan fingerprint density at radius 3 is 3.05 bits per heavy atom. The quantitative estimate of drug-likeness (QED) is 0.587. The van der Waals surface area contributed by atoms with Crippen molar-refractivity contribution in [1.82, 2.24) is 4.98 Å². The van der Waals surface area contributed by atoms with E-state index >= 15 is 0 Å². The zero-order valence-electron chi connectivity index (χ0n) is 11.0. The molecular weight excluding hydrogens is 359 g/mol. The van der Waals surface area contributed by atoms with Crippen molar-refractivity contribution in [3.8, 4) is 0 Å². The Morgan fingerprint density at radius 1 is 1.25 bits per heavy atom. The average Bonchev–Trinajstić information content (AvgIpc) is 2.97. The summed E-state index contributed by atoms with van der Waals surface area (Å²) in [6.07, 6.45) is 9.68. The van der Waals surface area contributed by atoms with Gasteiger partial charge in [0.15, 0.2) is 0 Å². The number of nitrogens with one attached hydrogen (secondary N) is 1. The molecule has 2 heterocycles. The van der Waals surface area contributed by atoms with Gasteiger partial charge in [-0.3, -0.25) is 4.98 Å². The first-order valence-electron chi connectivity index (χ1n) is 6.95. The van der Waals surface area contributed by atoms with Gasteiger partial charge in [0.05, 0.1) is 6.04 Å². The second-order valence-corrected chi connectivity index (χ2v) is 6.74. The third-order valence-corrected chi connectivity index (χ3v) is 5.04. The summed E-state index contributed by atoms with van der Waals surface area (Å²) in [4.78, 5) is 4.28. The van der Waals surface area contributed by atoms with Crippen molar-refractivity contribution < 1.29 is 0 Å². The molecule has 1 N–H and O–H groups in total. The van der Waals surface area contributed by atoms with Crippen molar-refractivity contribution in [2.75, 3.05) is 5.32 Å². The second kappa shape index (κ2) is 4.88. The average molecular weight is 374 g/mol. The number of hydrogen-bond donors (Lipinski definition) is 1. The van der Waals surface area contributed by atoms with Crippen LogP contribution in [0.5, 0.6) is 0 Å². The SMILES string of the molecule is Ic1ccc2c(c1)[C@H]1C=CC[C@@H]1[C@@H](c1cccnc1)N2. The molecule has 2 aliphatic rings. The van der Waals surface area contributed by atoms with E-state index in [1.165, 1.54) is 20.4 Å². The van der Waals surface area contributed by atoms with Crippen molar-refractivity contribution in [1.29, 1.82) is 0 Å². The standard InChI is InChI=1S/C17H15IN2/c18-12-6-7-16-15(9-12)13-4-1-5-14(13)17(20-16)11-3-2-8-19-10-11/h1-4,6-10,13-14,17,20H,5H2/t13-,14-,17+/m0/s1. The first kappa shape index (κ1) is 12.4. The molecule has 0 saturated carbocycles. The van der Waals surface area contributed by atoms with Gasteiger partial charge in [-0.2, -0.15) is 0 Å². The van der Waals surface area contributed by atoms with Crippen LogP contribution in [0.4, 0.5) is 5.69 Å². The van der Waals surface area contributed by atoms with E-state index < -0.39 is 0 Å². The molecule has 0 unspecified atom stereocenters. The Kier molecular flexibility index (Phi) is 3.02. The number of benzene rings is 1. The molecule has 0 fully saturated rings. The molecule has 0 amide bonds. The molecule has 3 atom stereocenters. The minimum Gasteiger partial charge on any atom is -0.378 e. The molecule has 0 spiro atoms. The lowest BCUT2D eigenvalue weighted by Gasteiger charge is -2.37. The topological polar surface area (TPSA) is 24.9 Å². The second-order valence-electron chi connectivity index (χ2n) is 5.49. The first-order chi connectivity index (χ1) is 9.83. The fraction of sp³-hybridized carbons (Fsp3) is 0.235. The summed E-state index contributed by atoms with van der Waals surface area (Å²) in [5, 5.41) is 3.73. The highest BCUT2D eigenvalue weighted by molar-refractivity contribution is 14.1. The molecule has 2 nitrogen and oxygen atoms in total. The van der Waals surface area contributed by atoms with Gasteiger partial charge in [-0.25, -0.2) is 0 Å². The van der Waals surface area contributed by atoms with Crippen LogP contribution in [0.15, 0.2) is 54.9 Å². The third-order valence-electron chi connectivity index (χ3n) is 4.37. The summed E-state index contributed by atoms with van der Waals surface area (Å²) in [5.41, 5.74) is 4.00. The predicted octanol–water partition coefficient (Wildman–Crippen LogP) is 4.51. The minimum absolute atomic E-state index is 0.358. The number of anilines is 1. The van der Waals surface area contributed by atoms with Gasteiger partial charge in [0, 0.05) is 27.6 Å². The Bertz CT molecular complexity index is 666. The number of aromatic nitrogens is 1. The molecule has 4 rings (SSSR count). The number of hydrogen-bond acceptors (Lipinski definition) is 2. The normalized spacial score (nSPS) is 26.8. The number of pyridine rings is 1. The van der Waals surface area contributed by atoms with E-state index in [-0.39, 0.29) is 0 Å². The predicted molar refractivity (Wildman–Crippen MR) is 89.7 cm³/mol. The summed E-state index contributed by atoms with van der Waals surface area (Å²) >= 11 is 2.39. The zero-order valence-corrected chi connectivity index (χ0v) is 13.1. The van der Waals surface area contributed by atoms with Gasteiger partial charge in [0.25, 0.3) is 0 Å². The van der Waals surface area contributed by atoms with Gasteiger partial charge < -0.3 is 5.32 Å². The van der Waals surface area contributed by atoms with Crippen LogP contribution in [0.1, 0.15) is 29.5 Å². The molecular formula is C17H15IN2. The Hall–Kier alpha value is -1.36. The van der Waals surface area contributed by atoms with E-state index in [4.69, 9.17) is 0 Å². The lowest BCUT2D eigenvalue weighted by atomic mass is 9.77. The Labute approximate surface area is 132 Å². The van der Waals surface area contributed by atoms with E-state index in [1.54, 1.807) is 0 Å². The van der Waals surface area contributed by atoms with Crippen molar-refractivity contribution in [3.05, 3.63) is 69.6 Å². The van der Waals surface area contributed by atoms with Crippen LogP contribution in [0.3, 0.4) is 0 Å². The van der Waals surface area contributed by atoms with Crippen molar-refractivity contribution in [3.63, 3.8) is 0 Å². The third kappa shape index (κ3) is 1.95. The number of rotatable bonds is 1. The van der Waals surface area contributed by atoms with Crippen LogP contribution in [-0.4, -0.2) is 4.98 Å². The van der Waals surface area contributed by atoms with E-state index in [1.807, 2.05) is 18.5 Å².